The van der Waals surface area contributed by atoms with Crippen LogP contribution in [0.3, 0.4) is 0 Å². The number of carbonyl (C=O) groups excluding carboxylic acids is 2. The summed E-state index contributed by atoms with van der Waals surface area (Å²) in [7, 11) is -3.57. The number of rotatable bonds is 7. The van der Waals surface area contributed by atoms with Gasteiger partial charge in [0.2, 0.25) is 0 Å². The van der Waals surface area contributed by atoms with E-state index < -0.39 is 39.7 Å². The lowest BCUT2D eigenvalue weighted by atomic mass is 9.76. The zero-order chi connectivity index (χ0) is 28.2. The van der Waals surface area contributed by atoms with Gasteiger partial charge in [0.25, 0.3) is 0 Å². The van der Waals surface area contributed by atoms with Crippen molar-refractivity contribution in [1.29, 1.82) is 0 Å². The van der Waals surface area contributed by atoms with Gasteiger partial charge in [-0.1, -0.05) is 14.9 Å². The Labute approximate surface area is 227 Å². The number of hydrogen-bond donors (Lipinski definition) is 0. The molecule has 9 nitrogen and oxygen atoms in total. The van der Waals surface area contributed by atoms with Crippen LogP contribution in [-0.4, -0.2) is 59.0 Å². The van der Waals surface area contributed by atoms with Gasteiger partial charge < -0.3 is 23.0 Å². The largest absolute Gasteiger partial charge is 0.534 e. The predicted octanol–water partition coefficient (Wildman–Crippen LogP) is 4.82. The molecule has 0 unspecified atom stereocenters. The molecule has 0 spiro atoms. The third-order valence-corrected chi connectivity index (χ3v) is 6.72. The van der Waals surface area contributed by atoms with Crippen LogP contribution in [0.25, 0.3) is 0 Å². The molecule has 0 bridgehead atoms. The number of methoxy groups -OCH3 is 2. The van der Waals surface area contributed by atoms with Crippen LogP contribution in [0.1, 0.15) is 63.3 Å². The second-order valence-corrected chi connectivity index (χ2v) is 10.2. The van der Waals surface area contributed by atoms with Gasteiger partial charge in [-0.2, -0.15) is 21.6 Å². The molecule has 1 fully saturated rings. The van der Waals surface area contributed by atoms with Crippen LogP contribution in [0.4, 0.5) is 13.2 Å². The second kappa shape index (κ2) is 13.3. The molecular weight excluding hydrogens is 544 g/mol. The third-order valence-electron chi connectivity index (χ3n) is 5.76. The highest BCUT2D eigenvalue weighted by Gasteiger charge is 2.52. The topological polar surface area (TPSA) is 114 Å². The monoisotopic (exact) mass is 578 g/mol. The van der Waals surface area contributed by atoms with Gasteiger partial charge in [0.05, 0.1) is 31.0 Å². The Morgan fingerprint density at radius 3 is 1.67 bits per heavy atom. The molecule has 0 aliphatic carbocycles. The van der Waals surface area contributed by atoms with Gasteiger partial charge in [-0.3, -0.25) is 9.59 Å². The number of carbonyl (C=O) groups is 2. The van der Waals surface area contributed by atoms with E-state index in [1.165, 1.54) is 13.2 Å². The number of aldehydes is 2. The summed E-state index contributed by atoms with van der Waals surface area (Å²) in [5.41, 5.74) is -5.52. The summed E-state index contributed by atoms with van der Waals surface area (Å²) in [6.07, 6.45) is 0.973. The normalized spacial score (nSPS) is 15.5. The maximum atomic E-state index is 12.1. The third kappa shape index (κ3) is 8.20. The van der Waals surface area contributed by atoms with Crippen LogP contribution in [0, 0.1) is 0 Å². The number of ether oxygens (including phenoxy) is 2. The maximum absolute atomic E-state index is 12.1. The van der Waals surface area contributed by atoms with Gasteiger partial charge in [-0.05, 0) is 63.5 Å². The molecule has 0 radical (unpaired) electrons. The zero-order valence-electron chi connectivity index (χ0n) is 20.9. The number of halogens is 3. The van der Waals surface area contributed by atoms with E-state index in [2.05, 4.69) is 8.92 Å². The molecule has 1 heterocycles. The lowest BCUT2D eigenvalue weighted by Gasteiger charge is -2.32. The standard InChI is InChI=1S/C14H19BO4.C9H7F3O5S.2CH4/c1-13(2)14(3,4)19-15(18-13)12-8-11(17-5)7-6-10(12)9-16;1-16-7-3-2-6(5-13)8(4-7)17-18(14,15)9(10,11)12;;/h6-9H,1-5H3;2-5H,1H3;2*1H4. The van der Waals surface area contributed by atoms with E-state index in [-0.39, 0.29) is 32.5 Å². The molecule has 2 aromatic rings. The summed E-state index contributed by atoms with van der Waals surface area (Å²) in [5, 5.41) is 0. The van der Waals surface area contributed by atoms with Crippen molar-refractivity contribution in [3.63, 3.8) is 0 Å². The molecule has 0 N–H and O–H groups in total. The van der Waals surface area contributed by atoms with Crippen molar-refractivity contribution in [3.8, 4) is 17.2 Å². The van der Waals surface area contributed by atoms with Crippen LogP contribution >= 0.6 is 0 Å². The van der Waals surface area contributed by atoms with E-state index in [0.717, 1.165) is 18.4 Å². The first-order valence-electron chi connectivity index (χ1n) is 10.6. The van der Waals surface area contributed by atoms with Crippen LogP contribution in [0.2, 0.25) is 0 Å². The Balaban J connectivity index is 0.000000706. The summed E-state index contributed by atoms with van der Waals surface area (Å²) in [6.45, 7) is 7.92. The first kappa shape index (κ1) is 35.9. The Morgan fingerprint density at radius 1 is 0.821 bits per heavy atom. The molecule has 1 aliphatic rings. The molecule has 0 aromatic heterocycles. The highest BCUT2D eigenvalue weighted by Crippen LogP contribution is 2.37. The number of benzene rings is 2. The lowest BCUT2D eigenvalue weighted by Crippen LogP contribution is -2.41. The SMILES string of the molecule is C.C.COc1ccc(C=O)c(B2OC(C)(C)C(C)(C)O2)c1.COc1ccc(C=O)c(OS(=O)(=O)C(F)(F)F)c1. The molecule has 0 amide bonds. The van der Waals surface area contributed by atoms with Gasteiger partial charge >= 0.3 is 22.7 Å². The molecule has 1 aliphatic heterocycles. The minimum atomic E-state index is -5.82. The molecule has 1 saturated heterocycles. The van der Waals surface area contributed by atoms with Crippen molar-refractivity contribution in [1.82, 2.24) is 0 Å². The summed E-state index contributed by atoms with van der Waals surface area (Å²) in [5.74, 6) is -0.0232. The Bertz CT molecular complexity index is 1230. The average molecular weight is 578 g/mol. The van der Waals surface area contributed by atoms with Crippen LogP contribution in [0.5, 0.6) is 17.2 Å². The second-order valence-electron chi connectivity index (χ2n) is 8.71. The Hall–Kier alpha value is -3.10. The van der Waals surface area contributed by atoms with Crippen molar-refractivity contribution >= 4 is 35.3 Å². The quantitative estimate of drug-likeness (QED) is 0.198. The number of alkyl halides is 3. The van der Waals surface area contributed by atoms with Gasteiger partial charge in [0.15, 0.2) is 12.0 Å². The smallest absolute Gasteiger partial charge is 0.497 e. The van der Waals surface area contributed by atoms with Crippen molar-refractivity contribution in [2.75, 3.05) is 14.2 Å². The van der Waals surface area contributed by atoms with Crippen LogP contribution < -0.4 is 19.1 Å². The summed E-state index contributed by atoms with van der Waals surface area (Å²) in [6, 6.07) is 8.47. The van der Waals surface area contributed by atoms with E-state index >= 15 is 0 Å². The highest BCUT2D eigenvalue weighted by molar-refractivity contribution is 7.88. The predicted molar refractivity (Wildman–Crippen MR) is 142 cm³/mol. The van der Waals surface area contributed by atoms with Gasteiger partial charge in [-0.15, -0.1) is 0 Å². The Kier molecular flexibility index (Phi) is 12.3. The molecule has 14 heteroatoms. The molecule has 3 rings (SSSR count). The fourth-order valence-electron chi connectivity index (χ4n) is 2.94. The minimum absolute atomic E-state index is 0. The fraction of sp³-hybridized carbons (Fsp3) is 0.440. The van der Waals surface area contributed by atoms with Gasteiger partial charge in [0.1, 0.15) is 17.8 Å². The lowest BCUT2D eigenvalue weighted by molar-refractivity contribution is -0.0500. The number of hydrogen-bond acceptors (Lipinski definition) is 9. The van der Waals surface area contributed by atoms with E-state index in [4.69, 9.17) is 14.0 Å². The molecule has 0 saturated carbocycles. The van der Waals surface area contributed by atoms with Crippen molar-refractivity contribution in [2.45, 2.75) is 59.3 Å². The summed E-state index contributed by atoms with van der Waals surface area (Å²) < 4.78 is 83.5. The van der Waals surface area contributed by atoms with Crippen LogP contribution in [-0.2, 0) is 19.4 Å². The fourth-order valence-corrected chi connectivity index (χ4v) is 3.41. The van der Waals surface area contributed by atoms with Crippen molar-refractivity contribution in [3.05, 3.63) is 47.5 Å². The zero-order valence-corrected chi connectivity index (χ0v) is 21.7. The molecule has 39 heavy (non-hydrogen) atoms. The first-order valence-corrected chi connectivity index (χ1v) is 12.1. The van der Waals surface area contributed by atoms with Crippen molar-refractivity contribution in [2.24, 2.45) is 0 Å². The maximum Gasteiger partial charge on any atom is 0.534 e. The molecule has 218 valence electrons. The minimum Gasteiger partial charge on any atom is -0.497 e. The highest BCUT2D eigenvalue weighted by atomic mass is 32.2. The van der Waals surface area contributed by atoms with Crippen molar-refractivity contribution < 1.29 is 54.1 Å². The van der Waals surface area contributed by atoms with Gasteiger partial charge in [-0.25, -0.2) is 0 Å². The van der Waals surface area contributed by atoms with E-state index in [9.17, 15) is 31.2 Å². The summed E-state index contributed by atoms with van der Waals surface area (Å²) in [4.78, 5) is 21.7. The average Bonchev–Trinajstić information content (AvgIpc) is 3.04. The molecule has 2 aromatic carbocycles. The van der Waals surface area contributed by atoms with Gasteiger partial charge in [0, 0.05) is 11.6 Å². The Morgan fingerprint density at radius 2 is 1.26 bits per heavy atom. The van der Waals surface area contributed by atoms with E-state index in [1.54, 1.807) is 25.3 Å². The molecule has 0 atom stereocenters. The summed E-state index contributed by atoms with van der Waals surface area (Å²) >= 11 is 0. The van der Waals surface area contributed by atoms with E-state index in [0.29, 0.717) is 16.8 Å². The first-order chi connectivity index (χ1) is 17.0. The van der Waals surface area contributed by atoms with Crippen LogP contribution in [0.15, 0.2) is 36.4 Å². The van der Waals surface area contributed by atoms with E-state index in [1.807, 2.05) is 27.7 Å². The molecular formula is C25H34BF3O9S.